The number of aliphatic hydroxyl groups is 1. The van der Waals surface area contributed by atoms with E-state index in [0.717, 1.165) is 6.07 Å². The summed E-state index contributed by atoms with van der Waals surface area (Å²) in [5.74, 6) is -1.69. The average molecular weight is 198 g/mol. The molecule has 1 aromatic carbocycles. The minimum atomic E-state index is -1.44. The molecule has 0 spiro atoms. The maximum Gasteiger partial charge on any atom is 0.316 e. The Bertz CT molecular complexity index is 351. The lowest BCUT2D eigenvalue weighted by atomic mass is 9.83. The van der Waals surface area contributed by atoms with E-state index in [1.807, 2.05) is 0 Å². The number of rotatable bonds is 3. The minimum Gasteiger partial charge on any atom is -0.481 e. The Balaban J connectivity index is 3.19. The first kappa shape index (κ1) is 10.7. The number of carbonyl (C=O) groups is 1. The third-order valence-corrected chi connectivity index (χ3v) is 2.25. The molecule has 0 aliphatic carbocycles. The number of carboxylic acids is 1. The molecule has 0 fully saturated rings. The van der Waals surface area contributed by atoms with Gasteiger partial charge in [-0.25, -0.2) is 4.39 Å². The fraction of sp³-hybridized carbons (Fsp3) is 0.300. The first-order chi connectivity index (χ1) is 6.50. The van der Waals surface area contributed by atoms with Gasteiger partial charge >= 0.3 is 5.97 Å². The Hall–Kier alpha value is -1.42. The van der Waals surface area contributed by atoms with Crippen LogP contribution in [0.3, 0.4) is 0 Å². The smallest absolute Gasteiger partial charge is 0.316 e. The van der Waals surface area contributed by atoms with Crippen LogP contribution >= 0.6 is 0 Å². The molecule has 3 nitrogen and oxygen atoms in total. The van der Waals surface area contributed by atoms with Gasteiger partial charge in [0, 0.05) is 0 Å². The van der Waals surface area contributed by atoms with Crippen molar-refractivity contribution >= 4 is 5.97 Å². The van der Waals surface area contributed by atoms with Gasteiger partial charge in [-0.1, -0.05) is 12.1 Å². The summed E-state index contributed by atoms with van der Waals surface area (Å²) in [5.41, 5.74) is -1.19. The van der Waals surface area contributed by atoms with E-state index in [9.17, 15) is 9.18 Å². The molecule has 1 rings (SSSR count). The van der Waals surface area contributed by atoms with Crippen molar-refractivity contribution in [3.8, 4) is 0 Å². The van der Waals surface area contributed by atoms with Crippen LogP contribution in [0.5, 0.6) is 0 Å². The Morgan fingerprint density at radius 2 is 2.21 bits per heavy atom. The van der Waals surface area contributed by atoms with E-state index in [1.165, 1.54) is 25.1 Å². The highest BCUT2D eigenvalue weighted by Crippen LogP contribution is 2.23. The van der Waals surface area contributed by atoms with E-state index in [1.54, 1.807) is 0 Å². The standard InChI is InChI=1S/C10H11FO3/c1-10(6-12,9(13)14)7-3-2-4-8(11)5-7/h2-5,12H,6H2,1H3,(H,13,14). The number of benzene rings is 1. The van der Waals surface area contributed by atoms with E-state index in [0.29, 0.717) is 0 Å². The zero-order valence-corrected chi connectivity index (χ0v) is 7.70. The highest BCUT2D eigenvalue weighted by molar-refractivity contribution is 5.81. The van der Waals surface area contributed by atoms with Gasteiger partial charge in [0.15, 0.2) is 0 Å². The Labute approximate surface area is 80.8 Å². The first-order valence-corrected chi connectivity index (χ1v) is 4.11. The largest absolute Gasteiger partial charge is 0.481 e. The molecule has 0 saturated heterocycles. The number of carboxylic acid groups (broad SMARTS) is 1. The Morgan fingerprint density at radius 1 is 1.57 bits per heavy atom. The number of aliphatic carboxylic acids is 1. The molecule has 0 saturated carbocycles. The second kappa shape index (κ2) is 3.75. The molecular formula is C10H11FO3. The third kappa shape index (κ3) is 1.75. The third-order valence-electron chi connectivity index (χ3n) is 2.25. The van der Waals surface area contributed by atoms with E-state index in [2.05, 4.69) is 0 Å². The van der Waals surface area contributed by atoms with Gasteiger partial charge in [0.25, 0.3) is 0 Å². The molecule has 0 aliphatic rings. The normalized spacial score (nSPS) is 14.8. The fourth-order valence-corrected chi connectivity index (χ4v) is 1.11. The molecule has 0 bridgehead atoms. The summed E-state index contributed by atoms with van der Waals surface area (Å²) in [6.45, 7) is 0.788. The monoisotopic (exact) mass is 198 g/mol. The highest BCUT2D eigenvalue weighted by Gasteiger charge is 2.34. The van der Waals surface area contributed by atoms with Crippen LogP contribution in [0.2, 0.25) is 0 Å². The van der Waals surface area contributed by atoms with Crippen LogP contribution in [-0.2, 0) is 10.2 Å². The maximum absolute atomic E-state index is 12.8. The summed E-state index contributed by atoms with van der Waals surface area (Å²) in [7, 11) is 0. The second-order valence-corrected chi connectivity index (χ2v) is 3.31. The summed E-state index contributed by atoms with van der Waals surface area (Å²) in [5, 5.41) is 17.9. The molecule has 1 unspecified atom stereocenters. The summed E-state index contributed by atoms with van der Waals surface area (Å²) in [6, 6.07) is 5.24. The highest BCUT2D eigenvalue weighted by atomic mass is 19.1. The summed E-state index contributed by atoms with van der Waals surface area (Å²) < 4.78 is 12.8. The maximum atomic E-state index is 12.8. The summed E-state index contributed by atoms with van der Waals surface area (Å²) in [4.78, 5) is 10.9. The molecular weight excluding hydrogens is 187 g/mol. The van der Waals surface area contributed by atoms with Gasteiger partial charge in [0.05, 0.1) is 6.61 Å². The SMILES string of the molecule is CC(CO)(C(=O)O)c1cccc(F)c1. The average Bonchev–Trinajstić information content (AvgIpc) is 2.16. The van der Waals surface area contributed by atoms with Crippen molar-refractivity contribution in [1.29, 1.82) is 0 Å². The van der Waals surface area contributed by atoms with Crippen molar-refractivity contribution in [2.45, 2.75) is 12.3 Å². The number of hydrogen-bond acceptors (Lipinski definition) is 2. The zero-order chi connectivity index (χ0) is 10.8. The van der Waals surface area contributed by atoms with Crippen molar-refractivity contribution in [3.63, 3.8) is 0 Å². The Morgan fingerprint density at radius 3 is 2.64 bits per heavy atom. The van der Waals surface area contributed by atoms with Crippen molar-refractivity contribution in [2.24, 2.45) is 0 Å². The molecule has 4 heteroatoms. The van der Waals surface area contributed by atoms with E-state index in [-0.39, 0.29) is 5.56 Å². The molecule has 14 heavy (non-hydrogen) atoms. The lowest BCUT2D eigenvalue weighted by molar-refractivity contribution is -0.144. The zero-order valence-electron chi connectivity index (χ0n) is 7.70. The van der Waals surface area contributed by atoms with Crippen LogP contribution in [0, 0.1) is 5.82 Å². The van der Waals surface area contributed by atoms with Crippen LogP contribution in [0.15, 0.2) is 24.3 Å². The van der Waals surface area contributed by atoms with E-state index >= 15 is 0 Å². The predicted molar refractivity (Wildman–Crippen MR) is 48.5 cm³/mol. The van der Waals surface area contributed by atoms with Crippen molar-refractivity contribution in [3.05, 3.63) is 35.6 Å². The van der Waals surface area contributed by atoms with E-state index in [4.69, 9.17) is 10.2 Å². The van der Waals surface area contributed by atoms with Gasteiger partial charge in [-0.3, -0.25) is 4.79 Å². The molecule has 0 amide bonds. The van der Waals surface area contributed by atoms with Crippen LogP contribution in [-0.4, -0.2) is 22.8 Å². The summed E-state index contributed by atoms with van der Waals surface area (Å²) in [6.07, 6.45) is 0. The van der Waals surface area contributed by atoms with Crippen molar-refractivity contribution in [1.82, 2.24) is 0 Å². The Kier molecular flexibility index (Phi) is 2.86. The fourth-order valence-electron chi connectivity index (χ4n) is 1.11. The molecule has 2 N–H and O–H groups in total. The summed E-state index contributed by atoms with van der Waals surface area (Å²) >= 11 is 0. The molecule has 0 heterocycles. The van der Waals surface area contributed by atoms with Gasteiger partial charge in [0.2, 0.25) is 0 Å². The number of aliphatic hydroxyl groups excluding tert-OH is 1. The topological polar surface area (TPSA) is 57.5 Å². The van der Waals surface area contributed by atoms with Crippen LogP contribution in [0.25, 0.3) is 0 Å². The van der Waals surface area contributed by atoms with E-state index < -0.39 is 23.8 Å². The molecule has 0 aromatic heterocycles. The molecule has 1 aromatic rings. The van der Waals surface area contributed by atoms with Gasteiger partial charge in [-0.15, -0.1) is 0 Å². The second-order valence-electron chi connectivity index (χ2n) is 3.31. The number of halogens is 1. The molecule has 0 aliphatic heterocycles. The number of hydrogen-bond donors (Lipinski definition) is 2. The van der Waals surface area contributed by atoms with Crippen LogP contribution < -0.4 is 0 Å². The predicted octanol–water partition coefficient (Wildman–Crippen LogP) is 1.16. The van der Waals surface area contributed by atoms with Crippen LogP contribution in [0.4, 0.5) is 4.39 Å². The molecule has 1 atom stereocenters. The van der Waals surface area contributed by atoms with Gasteiger partial charge in [-0.05, 0) is 24.6 Å². The van der Waals surface area contributed by atoms with Crippen molar-refractivity contribution in [2.75, 3.05) is 6.61 Å². The lowest BCUT2D eigenvalue weighted by Crippen LogP contribution is -2.36. The lowest BCUT2D eigenvalue weighted by Gasteiger charge is -2.22. The van der Waals surface area contributed by atoms with Gasteiger partial charge < -0.3 is 10.2 Å². The minimum absolute atomic E-state index is 0.257. The first-order valence-electron chi connectivity index (χ1n) is 4.11. The van der Waals surface area contributed by atoms with Crippen molar-refractivity contribution < 1.29 is 19.4 Å². The molecule has 76 valence electrons. The van der Waals surface area contributed by atoms with Crippen LogP contribution in [0.1, 0.15) is 12.5 Å². The quantitative estimate of drug-likeness (QED) is 0.766. The van der Waals surface area contributed by atoms with Gasteiger partial charge in [0.1, 0.15) is 11.2 Å². The van der Waals surface area contributed by atoms with Gasteiger partial charge in [-0.2, -0.15) is 0 Å². The molecule has 0 radical (unpaired) electrons.